The van der Waals surface area contributed by atoms with Gasteiger partial charge in [-0.2, -0.15) is 0 Å². The van der Waals surface area contributed by atoms with Crippen molar-refractivity contribution >= 4 is 5.95 Å². The Morgan fingerprint density at radius 1 is 1.13 bits per heavy atom. The van der Waals surface area contributed by atoms with Gasteiger partial charge in [0.15, 0.2) is 0 Å². The first-order valence-corrected chi connectivity index (χ1v) is 9.91. The third-order valence-corrected chi connectivity index (χ3v) is 5.28. The topological polar surface area (TPSA) is 69.5 Å². The number of benzene rings is 1. The highest BCUT2D eigenvalue weighted by atomic mass is 16.5. The second-order valence-electron chi connectivity index (χ2n) is 8.09. The molecule has 1 unspecified atom stereocenters. The number of rotatable bonds is 4. The minimum absolute atomic E-state index is 0.0999. The quantitative estimate of drug-likeness (QED) is 0.663. The van der Waals surface area contributed by atoms with Crippen LogP contribution in [0.4, 0.5) is 5.95 Å². The number of ether oxygens (including phenoxy) is 2. The number of methoxy groups -OCH3 is 1. The normalized spacial score (nSPS) is 18.3. The predicted octanol–water partition coefficient (Wildman–Crippen LogP) is 3.21. The Morgan fingerprint density at radius 3 is 2.50 bits per heavy atom. The molecule has 1 atom stereocenters. The number of aromatic nitrogens is 3. The molecular formula is C23H26N4O3. The average molecular weight is 406 g/mol. The lowest BCUT2D eigenvalue weighted by atomic mass is 10.0. The summed E-state index contributed by atoms with van der Waals surface area (Å²) in [5, 5.41) is 0. The van der Waals surface area contributed by atoms with Gasteiger partial charge in [0, 0.05) is 37.6 Å². The van der Waals surface area contributed by atoms with E-state index >= 15 is 0 Å². The molecule has 0 radical (unpaired) electrons. The summed E-state index contributed by atoms with van der Waals surface area (Å²) in [6, 6.07) is 13.2. The lowest BCUT2D eigenvalue weighted by Gasteiger charge is -2.43. The van der Waals surface area contributed by atoms with Crippen molar-refractivity contribution in [2.75, 3.05) is 25.1 Å². The fourth-order valence-corrected chi connectivity index (χ4v) is 3.81. The second kappa shape index (κ2) is 7.91. The van der Waals surface area contributed by atoms with Crippen molar-refractivity contribution in [3.05, 3.63) is 70.8 Å². The summed E-state index contributed by atoms with van der Waals surface area (Å²) in [5.74, 6) is 1.43. The van der Waals surface area contributed by atoms with Crippen molar-refractivity contribution in [3.63, 3.8) is 0 Å². The van der Waals surface area contributed by atoms with Crippen molar-refractivity contribution in [1.82, 2.24) is 14.5 Å². The Morgan fingerprint density at radius 2 is 1.83 bits per heavy atom. The second-order valence-corrected chi connectivity index (χ2v) is 8.09. The molecule has 2 aromatic heterocycles. The molecule has 0 bridgehead atoms. The van der Waals surface area contributed by atoms with Crippen molar-refractivity contribution in [3.8, 4) is 17.0 Å². The maximum atomic E-state index is 12.7. The first-order chi connectivity index (χ1) is 14.4. The lowest BCUT2D eigenvalue weighted by Crippen LogP contribution is -2.51. The molecule has 1 aliphatic rings. The maximum absolute atomic E-state index is 12.7. The predicted molar refractivity (Wildman–Crippen MR) is 116 cm³/mol. The molecule has 0 saturated carbocycles. The molecular weight excluding hydrogens is 380 g/mol. The molecule has 7 nitrogen and oxygen atoms in total. The molecule has 0 amide bonds. The first kappa shape index (κ1) is 20.1. The Labute approximate surface area is 175 Å². The van der Waals surface area contributed by atoms with Gasteiger partial charge in [-0.1, -0.05) is 12.1 Å². The van der Waals surface area contributed by atoms with E-state index in [1.165, 1.54) is 0 Å². The summed E-state index contributed by atoms with van der Waals surface area (Å²) in [6.07, 6.45) is 3.25. The van der Waals surface area contributed by atoms with Crippen LogP contribution in [0.25, 0.3) is 11.3 Å². The molecule has 0 N–H and O–H groups in total. The van der Waals surface area contributed by atoms with Gasteiger partial charge in [-0.05, 0) is 43.7 Å². The van der Waals surface area contributed by atoms with Gasteiger partial charge >= 0.3 is 0 Å². The van der Waals surface area contributed by atoms with Crippen molar-refractivity contribution in [1.29, 1.82) is 0 Å². The Balaban J connectivity index is 1.71. The van der Waals surface area contributed by atoms with Crippen molar-refractivity contribution in [2.24, 2.45) is 7.05 Å². The van der Waals surface area contributed by atoms with E-state index in [0.717, 1.165) is 16.9 Å². The van der Waals surface area contributed by atoms with Crippen LogP contribution >= 0.6 is 0 Å². The standard InChI is InChI=1S/C23H26N4O3/c1-23(2)15-27(14-20(30-23)17-5-7-18(29-4)8-6-17)22-25-19(13-21(28)26(22)3)16-9-11-24-12-10-16/h5-13,20H,14-15H2,1-4H3. The summed E-state index contributed by atoms with van der Waals surface area (Å²) < 4.78 is 13.2. The third kappa shape index (κ3) is 4.07. The van der Waals surface area contributed by atoms with E-state index in [9.17, 15) is 4.79 Å². The summed E-state index contributed by atoms with van der Waals surface area (Å²) in [6.45, 7) is 5.33. The summed E-state index contributed by atoms with van der Waals surface area (Å²) in [5.41, 5.74) is 2.05. The van der Waals surface area contributed by atoms with E-state index in [1.807, 2.05) is 36.4 Å². The van der Waals surface area contributed by atoms with Gasteiger partial charge < -0.3 is 14.4 Å². The van der Waals surface area contributed by atoms with E-state index in [-0.39, 0.29) is 11.7 Å². The largest absolute Gasteiger partial charge is 0.497 e. The molecule has 0 spiro atoms. The van der Waals surface area contributed by atoms with Crippen LogP contribution < -0.4 is 15.2 Å². The molecule has 4 rings (SSSR count). The maximum Gasteiger partial charge on any atom is 0.255 e. The van der Waals surface area contributed by atoms with Gasteiger partial charge in [-0.15, -0.1) is 0 Å². The SMILES string of the molecule is COc1ccc(C2CN(c3nc(-c4ccncc4)cc(=O)n3C)CC(C)(C)O2)cc1. The smallest absolute Gasteiger partial charge is 0.255 e. The molecule has 1 aromatic carbocycles. The lowest BCUT2D eigenvalue weighted by molar-refractivity contribution is -0.0861. The number of anilines is 1. The van der Waals surface area contributed by atoms with Gasteiger partial charge in [0.1, 0.15) is 11.9 Å². The highest BCUT2D eigenvalue weighted by Gasteiger charge is 2.36. The molecule has 0 aliphatic carbocycles. The molecule has 30 heavy (non-hydrogen) atoms. The Hall–Kier alpha value is -3.19. The first-order valence-electron chi connectivity index (χ1n) is 9.91. The van der Waals surface area contributed by atoms with E-state index < -0.39 is 5.60 Å². The van der Waals surface area contributed by atoms with Crippen LogP contribution in [-0.2, 0) is 11.8 Å². The van der Waals surface area contributed by atoms with Gasteiger partial charge in [0.25, 0.3) is 5.56 Å². The molecule has 156 valence electrons. The van der Waals surface area contributed by atoms with Crippen LogP contribution in [0.2, 0.25) is 0 Å². The number of hydrogen-bond acceptors (Lipinski definition) is 6. The van der Waals surface area contributed by atoms with Crippen molar-refractivity contribution < 1.29 is 9.47 Å². The van der Waals surface area contributed by atoms with E-state index in [4.69, 9.17) is 14.5 Å². The van der Waals surface area contributed by atoms with Crippen LogP contribution in [0.15, 0.2) is 59.7 Å². The average Bonchev–Trinajstić information content (AvgIpc) is 2.75. The van der Waals surface area contributed by atoms with Crippen LogP contribution in [-0.4, -0.2) is 40.3 Å². The minimum Gasteiger partial charge on any atom is -0.497 e. The van der Waals surface area contributed by atoms with Gasteiger partial charge in [0.05, 0.1) is 24.9 Å². The van der Waals surface area contributed by atoms with Crippen LogP contribution in [0.1, 0.15) is 25.5 Å². The summed E-state index contributed by atoms with van der Waals surface area (Å²) >= 11 is 0. The molecule has 7 heteroatoms. The fraction of sp³-hybridized carbons (Fsp3) is 0.348. The molecule has 1 fully saturated rings. The Bertz CT molecular complexity index is 1080. The third-order valence-electron chi connectivity index (χ3n) is 5.28. The van der Waals surface area contributed by atoms with E-state index in [2.05, 4.69) is 23.7 Å². The summed E-state index contributed by atoms with van der Waals surface area (Å²) in [7, 11) is 3.41. The fourth-order valence-electron chi connectivity index (χ4n) is 3.81. The number of morpholine rings is 1. The Kier molecular flexibility index (Phi) is 5.30. The highest BCUT2D eigenvalue weighted by molar-refractivity contribution is 5.59. The molecule has 3 aromatic rings. The zero-order chi connectivity index (χ0) is 21.3. The van der Waals surface area contributed by atoms with E-state index in [0.29, 0.717) is 24.7 Å². The van der Waals surface area contributed by atoms with Crippen LogP contribution in [0, 0.1) is 0 Å². The monoisotopic (exact) mass is 406 g/mol. The summed E-state index contributed by atoms with van der Waals surface area (Å²) in [4.78, 5) is 23.7. The zero-order valence-electron chi connectivity index (χ0n) is 17.7. The van der Waals surface area contributed by atoms with Crippen molar-refractivity contribution in [2.45, 2.75) is 25.6 Å². The zero-order valence-corrected chi connectivity index (χ0v) is 17.7. The molecule has 1 saturated heterocycles. The molecule has 3 heterocycles. The van der Waals surface area contributed by atoms with Gasteiger partial charge in [-0.3, -0.25) is 14.3 Å². The van der Waals surface area contributed by atoms with Gasteiger partial charge in [-0.25, -0.2) is 4.98 Å². The van der Waals surface area contributed by atoms with Crippen LogP contribution in [0.3, 0.4) is 0 Å². The number of nitrogens with zero attached hydrogens (tertiary/aromatic N) is 4. The highest BCUT2D eigenvalue weighted by Crippen LogP contribution is 2.33. The van der Waals surface area contributed by atoms with Gasteiger partial charge in [0.2, 0.25) is 5.95 Å². The van der Waals surface area contributed by atoms with Crippen LogP contribution in [0.5, 0.6) is 5.75 Å². The van der Waals surface area contributed by atoms with E-state index in [1.54, 1.807) is 37.2 Å². The number of pyridine rings is 1. The minimum atomic E-state index is -0.409. The number of hydrogen-bond donors (Lipinski definition) is 0. The molecule has 1 aliphatic heterocycles.